The second kappa shape index (κ2) is 7.96. The molecule has 1 aliphatic rings. The Balaban J connectivity index is 1.76. The summed E-state index contributed by atoms with van der Waals surface area (Å²) in [7, 11) is 0. The molecule has 0 aliphatic carbocycles. The van der Waals surface area contributed by atoms with Crippen molar-refractivity contribution in [2.24, 2.45) is 0 Å². The van der Waals surface area contributed by atoms with Gasteiger partial charge in [0.2, 0.25) is 5.76 Å². The Hall–Kier alpha value is -3.93. The fraction of sp³-hybridized carbons (Fsp3) is 0.192. The maximum absolute atomic E-state index is 13.6. The Kier molecular flexibility index (Phi) is 4.98. The van der Waals surface area contributed by atoms with Gasteiger partial charge in [0.15, 0.2) is 5.43 Å². The highest BCUT2D eigenvalue weighted by molar-refractivity contribution is 6.10. The zero-order valence-electron chi connectivity index (χ0n) is 17.9. The average molecular weight is 426 g/mol. The number of amides is 1. The number of hydrogen-bond donors (Lipinski definition) is 0. The number of rotatable bonds is 5. The summed E-state index contributed by atoms with van der Waals surface area (Å²) in [6.07, 6.45) is 2.50. The van der Waals surface area contributed by atoms with Crippen molar-refractivity contribution in [2.75, 3.05) is 11.5 Å². The van der Waals surface area contributed by atoms with Crippen LogP contribution in [0.1, 0.15) is 46.6 Å². The Morgan fingerprint density at radius 3 is 2.72 bits per heavy atom. The standard InChI is InChI=1S/C26H22N2O4/c1-3-13-31-18-8-6-7-17(15-18)23-22-24(29)19-14-16(2)10-11-20(19)32-25(22)26(30)28(23)21-9-4-5-12-27-21/h4-12,14-15,23H,3,13H2,1-2H3. The first-order chi connectivity index (χ1) is 15.6. The Labute approximate surface area is 185 Å². The van der Waals surface area contributed by atoms with Crippen molar-refractivity contribution < 1.29 is 13.9 Å². The molecule has 1 aliphatic heterocycles. The van der Waals surface area contributed by atoms with Gasteiger partial charge in [0.25, 0.3) is 5.91 Å². The number of aromatic nitrogens is 1. The van der Waals surface area contributed by atoms with Crippen LogP contribution in [0.2, 0.25) is 0 Å². The summed E-state index contributed by atoms with van der Waals surface area (Å²) in [5, 5.41) is 0.461. The molecule has 0 radical (unpaired) electrons. The van der Waals surface area contributed by atoms with E-state index in [4.69, 9.17) is 9.15 Å². The number of anilines is 1. The van der Waals surface area contributed by atoms with Crippen molar-refractivity contribution in [2.45, 2.75) is 26.3 Å². The van der Waals surface area contributed by atoms with E-state index < -0.39 is 6.04 Å². The van der Waals surface area contributed by atoms with Crippen LogP contribution in [0.25, 0.3) is 11.0 Å². The van der Waals surface area contributed by atoms with E-state index in [1.54, 1.807) is 30.5 Å². The number of carbonyl (C=O) groups is 1. The third kappa shape index (κ3) is 3.24. The number of carbonyl (C=O) groups excluding carboxylic acids is 1. The smallest absolute Gasteiger partial charge is 0.296 e. The lowest BCUT2D eigenvalue weighted by atomic mass is 9.98. The second-order valence-corrected chi connectivity index (χ2v) is 7.86. The minimum atomic E-state index is -0.668. The SMILES string of the molecule is CCCOc1cccc(C2c3c(oc4ccc(C)cc4c3=O)C(=O)N2c2ccccn2)c1. The van der Waals surface area contributed by atoms with Gasteiger partial charge >= 0.3 is 0 Å². The maximum atomic E-state index is 13.6. The summed E-state index contributed by atoms with van der Waals surface area (Å²) in [4.78, 5) is 33.1. The Bertz CT molecular complexity index is 1380. The molecular formula is C26H22N2O4. The molecule has 2 aromatic heterocycles. The van der Waals surface area contributed by atoms with Gasteiger partial charge in [-0.2, -0.15) is 0 Å². The molecule has 6 heteroatoms. The van der Waals surface area contributed by atoms with Crippen LogP contribution in [0, 0.1) is 6.92 Å². The topological polar surface area (TPSA) is 72.6 Å². The van der Waals surface area contributed by atoms with Crippen LogP contribution in [0.15, 0.2) is 76.1 Å². The second-order valence-electron chi connectivity index (χ2n) is 7.86. The number of pyridine rings is 1. The third-order valence-corrected chi connectivity index (χ3v) is 5.57. The minimum Gasteiger partial charge on any atom is -0.494 e. The zero-order chi connectivity index (χ0) is 22.2. The maximum Gasteiger partial charge on any atom is 0.296 e. The van der Waals surface area contributed by atoms with E-state index in [1.165, 1.54) is 4.90 Å². The lowest BCUT2D eigenvalue weighted by Crippen LogP contribution is -2.30. The lowest BCUT2D eigenvalue weighted by molar-refractivity contribution is 0.0970. The lowest BCUT2D eigenvalue weighted by Gasteiger charge is -2.24. The number of aryl methyl sites for hydroxylation is 1. The van der Waals surface area contributed by atoms with Gasteiger partial charge in [0.05, 0.1) is 23.6 Å². The Morgan fingerprint density at radius 1 is 1.06 bits per heavy atom. The van der Waals surface area contributed by atoms with Crippen molar-refractivity contribution in [1.29, 1.82) is 0 Å². The van der Waals surface area contributed by atoms with E-state index in [9.17, 15) is 9.59 Å². The summed E-state index contributed by atoms with van der Waals surface area (Å²) in [5.74, 6) is 0.811. The van der Waals surface area contributed by atoms with Crippen LogP contribution < -0.4 is 15.1 Å². The predicted octanol–water partition coefficient (Wildman–Crippen LogP) is 5.04. The summed E-state index contributed by atoms with van der Waals surface area (Å²) >= 11 is 0. The van der Waals surface area contributed by atoms with Gasteiger partial charge in [0.1, 0.15) is 17.2 Å². The van der Waals surface area contributed by atoms with Gasteiger partial charge in [0, 0.05) is 6.20 Å². The van der Waals surface area contributed by atoms with Gasteiger partial charge in [-0.05, 0) is 55.3 Å². The van der Waals surface area contributed by atoms with Gasteiger partial charge in [-0.25, -0.2) is 4.98 Å². The van der Waals surface area contributed by atoms with E-state index in [2.05, 4.69) is 4.98 Å². The fourth-order valence-electron chi connectivity index (χ4n) is 4.13. The molecule has 0 spiro atoms. The van der Waals surface area contributed by atoms with Crippen molar-refractivity contribution in [3.8, 4) is 5.75 Å². The molecule has 0 saturated heterocycles. The van der Waals surface area contributed by atoms with Crippen LogP contribution in [0.4, 0.5) is 5.82 Å². The molecule has 2 aromatic carbocycles. The first-order valence-corrected chi connectivity index (χ1v) is 10.6. The molecule has 0 bridgehead atoms. The van der Waals surface area contributed by atoms with Crippen molar-refractivity contribution in [1.82, 2.24) is 4.98 Å². The monoisotopic (exact) mass is 426 g/mol. The van der Waals surface area contributed by atoms with Crippen molar-refractivity contribution in [3.63, 3.8) is 0 Å². The molecule has 5 rings (SSSR count). The molecule has 1 unspecified atom stereocenters. The predicted molar refractivity (Wildman–Crippen MR) is 122 cm³/mol. The molecule has 0 fully saturated rings. The first-order valence-electron chi connectivity index (χ1n) is 10.6. The van der Waals surface area contributed by atoms with Crippen LogP contribution in [0.5, 0.6) is 5.75 Å². The van der Waals surface area contributed by atoms with Crippen molar-refractivity contribution >= 4 is 22.7 Å². The molecule has 32 heavy (non-hydrogen) atoms. The number of fused-ring (bicyclic) bond motifs is 2. The van der Waals surface area contributed by atoms with Gasteiger partial charge in [-0.1, -0.05) is 36.8 Å². The Morgan fingerprint density at radius 2 is 1.94 bits per heavy atom. The van der Waals surface area contributed by atoms with E-state index in [0.29, 0.717) is 34.7 Å². The molecular weight excluding hydrogens is 404 g/mol. The molecule has 0 saturated carbocycles. The number of benzene rings is 2. The van der Waals surface area contributed by atoms with Gasteiger partial charge in [-0.3, -0.25) is 14.5 Å². The summed E-state index contributed by atoms with van der Waals surface area (Å²) in [6, 6.07) is 17.6. The van der Waals surface area contributed by atoms with Crippen LogP contribution >= 0.6 is 0 Å². The third-order valence-electron chi connectivity index (χ3n) is 5.57. The highest BCUT2D eigenvalue weighted by Crippen LogP contribution is 2.41. The first kappa shape index (κ1) is 20.0. The molecule has 1 amide bonds. The van der Waals surface area contributed by atoms with Crippen LogP contribution in [0.3, 0.4) is 0 Å². The zero-order valence-corrected chi connectivity index (χ0v) is 17.9. The minimum absolute atomic E-state index is 0.0573. The molecule has 0 N–H and O–H groups in total. The largest absolute Gasteiger partial charge is 0.494 e. The molecule has 1 atom stereocenters. The van der Waals surface area contributed by atoms with Gasteiger partial charge < -0.3 is 9.15 Å². The number of nitrogens with zero attached hydrogens (tertiary/aromatic N) is 2. The summed E-state index contributed by atoms with van der Waals surface area (Å²) < 4.78 is 11.8. The number of ether oxygens (including phenoxy) is 1. The highest BCUT2D eigenvalue weighted by Gasteiger charge is 2.44. The van der Waals surface area contributed by atoms with Crippen LogP contribution in [-0.4, -0.2) is 17.5 Å². The van der Waals surface area contributed by atoms with E-state index in [1.807, 2.05) is 50.2 Å². The molecule has 160 valence electrons. The van der Waals surface area contributed by atoms with E-state index in [0.717, 1.165) is 17.5 Å². The normalized spacial score (nSPS) is 15.2. The van der Waals surface area contributed by atoms with E-state index >= 15 is 0 Å². The molecule has 6 nitrogen and oxygen atoms in total. The average Bonchev–Trinajstić information content (AvgIpc) is 3.11. The highest BCUT2D eigenvalue weighted by atomic mass is 16.5. The molecule has 4 aromatic rings. The summed E-state index contributed by atoms with van der Waals surface area (Å²) in [5.41, 5.74) is 2.22. The van der Waals surface area contributed by atoms with Crippen molar-refractivity contribution in [3.05, 3.63) is 99.5 Å². The molecule has 3 heterocycles. The summed E-state index contributed by atoms with van der Waals surface area (Å²) in [6.45, 7) is 4.54. The van der Waals surface area contributed by atoms with Gasteiger partial charge in [-0.15, -0.1) is 0 Å². The van der Waals surface area contributed by atoms with E-state index in [-0.39, 0.29) is 17.1 Å². The number of hydrogen-bond acceptors (Lipinski definition) is 5. The fourth-order valence-corrected chi connectivity index (χ4v) is 4.13. The van der Waals surface area contributed by atoms with Crippen LogP contribution in [-0.2, 0) is 0 Å². The quantitative estimate of drug-likeness (QED) is 0.447.